The zero-order valence-corrected chi connectivity index (χ0v) is 14.4. The minimum atomic E-state index is -0.430. The number of allylic oxidation sites excluding steroid dienone is 2. The first-order valence-corrected chi connectivity index (χ1v) is 8.43. The topological polar surface area (TPSA) is 0 Å². The van der Waals surface area contributed by atoms with Crippen LogP contribution in [-0.2, 0) is 0 Å². The summed E-state index contributed by atoms with van der Waals surface area (Å²) in [5.74, 6) is 0.00145. The summed E-state index contributed by atoms with van der Waals surface area (Å²) in [6, 6.07) is 7.10. The van der Waals surface area contributed by atoms with E-state index in [1.165, 1.54) is 0 Å². The molecule has 1 atom stereocenters. The van der Waals surface area contributed by atoms with Crippen LogP contribution in [0.4, 0.5) is 8.78 Å². The Bertz CT molecular complexity index is 821. The van der Waals surface area contributed by atoms with Gasteiger partial charge in [-0.1, -0.05) is 42.7 Å². The molecule has 0 N–H and O–H groups in total. The van der Waals surface area contributed by atoms with Gasteiger partial charge in [0.1, 0.15) is 19.5 Å². The Morgan fingerprint density at radius 2 is 1.62 bits per heavy atom. The smallest absolute Gasteiger partial charge is 0.134 e. The largest absolute Gasteiger partial charge is 0.207 e. The lowest BCUT2D eigenvalue weighted by molar-refractivity contribution is 0.531. The van der Waals surface area contributed by atoms with E-state index >= 15 is 0 Å². The van der Waals surface area contributed by atoms with Gasteiger partial charge in [0, 0.05) is 5.56 Å². The molecule has 2 radical (unpaired) electrons. The molecule has 3 heteroatoms. The monoisotopic (exact) mass is 322 g/mol. The first-order valence-electron chi connectivity index (χ1n) is 8.43. The molecule has 0 heterocycles. The number of hydrogen-bond donors (Lipinski definition) is 0. The van der Waals surface area contributed by atoms with Crippen LogP contribution in [0.25, 0.3) is 16.7 Å². The van der Waals surface area contributed by atoms with Gasteiger partial charge in [-0.3, -0.25) is 0 Å². The van der Waals surface area contributed by atoms with Gasteiger partial charge in [-0.05, 0) is 66.9 Å². The molecule has 2 aromatic carbocycles. The maximum atomic E-state index is 15.0. The average Bonchev–Trinajstić information content (AvgIpc) is 2.57. The Morgan fingerprint density at radius 1 is 0.958 bits per heavy atom. The lowest BCUT2D eigenvalue weighted by Crippen LogP contribution is -2.14. The normalized spacial score (nSPS) is 17.7. The average molecular weight is 322 g/mol. The predicted molar refractivity (Wildman–Crippen MR) is 97.6 cm³/mol. The van der Waals surface area contributed by atoms with Crippen LogP contribution in [0, 0.1) is 31.4 Å². The van der Waals surface area contributed by atoms with E-state index in [0.29, 0.717) is 33.7 Å². The van der Waals surface area contributed by atoms with Crippen molar-refractivity contribution < 1.29 is 8.78 Å². The second kappa shape index (κ2) is 6.54. The zero-order valence-electron chi connectivity index (χ0n) is 14.4. The first kappa shape index (κ1) is 16.9. The minimum absolute atomic E-state index is 0.0796. The SMILES string of the molecule is [B]c1c(-c2ccc(C3=CCC(C)CC3)c(F)c2C)ccc(C)c1F. The number of aryl methyl sites for hydroxylation is 1. The zero-order chi connectivity index (χ0) is 17.4. The van der Waals surface area contributed by atoms with Gasteiger partial charge in [-0.25, -0.2) is 8.78 Å². The van der Waals surface area contributed by atoms with Crippen LogP contribution < -0.4 is 5.46 Å². The Morgan fingerprint density at radius 3 is 2.29 bits per heavy atom. The summed E-state index contributed by atoms with van der Waals surface area (Å²) in [6.07, 6.45) is 5.12. The molecule has 24 heavy (non-hydrogen) atoms. The second-order valence-electron chi connectivity index (χ2n) is 6.87. The van der Waals surface area contributed by atoms with Crippen molar-refractivity contribution in [3.05, 3.63) is 58.7 Å². The van der Waals surface area contributed by atoms with E-state index < -0.39 is 5.82 Å². The maximum absolute atomic E-state index is 15.0. The molecule has 0 spiro atoms. The molecule has 0 aliphatic heterocycles. The highest BCUT2D eigenvalue weighted by Gasteiger charge is 2.19. The van der Waals surface area contributed by atoms with Crippen LogP contribution in [0.1, 0.15) is 42.9 Å². The van der Waals surface area contributed by atoms with Crippen molar-refractivity contribution in [1.29, 1.82) is 0 Å². The maximum Gasteiger partial charge on any atom is 0.134 e. The third-order valence-electron chi connectivity index (χ3n) is 5.07. The van der Waals surface area contributed by atoms with Crippen molar-refractivity contribution in [2.75, 3.05) is 0 Å². The molecule has 2 aromatic rings. The van der Waals surface area contributed by atoms with Crippen LogP contribution in [0.2, 0.25) is 0 Å². The molecular formula is C21H21BF2. The van der Waals surface area contributed by atoms with E-state index in [4.69, 9.17) is 7.85 Å². The Labute approximate surface area is 144 Å². The predicted octanol–water partition coefficient (Wildman–Crippen LogP) is 5.25. The van der Waals surface area contributed by atoms with E-state index in [1.54, 1.807) is 32.0 Å². The number of halogens is 2. The molecular weight excluding hydrogens is 301 g/mol. The molecule has 1 aliphatic rings. The lowest BCUT2D eigenvalue weighted by atomic mass is 9.82. The fourth-order valence-corrected chi connectivity index (χ4v) is 3.37. The summed E-state index contributed by atoms with van der Waals surface area (Å²) in [4.78, 5) is 0. The van der Waals surface area contributed by atoms with Gasteiger partial charge >= 0.3 is 0 Å². The van der Waals surface area contributed by atoms with Crippen LogP contribution in [-0.4, -0.2) is 7.85 Å². The van der Waals surface area contributed by atoms with E-state index in [1.807, 2.05) is 6.07 Å². The Balaban J connectivity index is 2.07. The van der Waals surface area contributed by atoms with Crippen LogP contribution in [0.3, 0.4) is 0 Å². The summed E-state index contributed by atoms with van der Waals surface area (Å²) in [5.41, 5.74) is 4.02. The van der Waals surface area contributed by atoms with E-state index in [2.05, 4.69) is 13.0 Å². The van der Waals surface area contributed by atoms with E-state index in [0.717, 1.165) is 24.8 Å². The fourth-order valence-electron chi connectivity index (χ4n) is 3.37. The molecule has 0 fully saturated rings. The van der Waals surface area contributed by atoms with Crippen LogP contribution in [0.5, 0.6) is 0 Å². The van der Waals surface area contributed by atoms with Gasteiger partial charge in [-0.15, -0.1) is 0 Å². The number of hydrogen-bond acceptors (Lipinski definition) is 0. The summed E-state index contributed by atoms with van der Waals surface area (Å²) in [6.45, 7) is 5.62. The van der Waals surface area contributed by atoms with Crippen molar-refractivity contribution in [1.82, 2.24) is 0 Å². The molecule has 0 saturated carbocycles. The minimum Gasteiger partial charge on any atom is -0.207 e. The van der Waals surface area contributed by atoms with Gasteiger partial charge in [0.2, 0.25) is 0 Å². The molecule has 0 nitrogen and oxygen atoms in total. The van der Waals surface area contributed by atoms with Crippen LogP contribution >= 0.6 is 0 Å². The molecule has 1 aliphatic carbocycles. The summed E-state index contributed by atoms with van der Waals surface area (Å²) in [7, 11) is 5.92. The van der Waals surface area contributed by atoms with Gasteiger partial charge in [0.05, 0.1) is 0 Å². The highest BCUT2D eigenvalue weighted by molar-refractivity contribution is 6.36. The third-order valence-corrected chi connectivity index (χ3v) is 5.07. The Kier molecular flexibility index (Phi) is 4.62. The standard InChI is InChI=1S/C21H21BF2/c1-12-4-7-15(8-5-12)17-11-10-16(14(3)21(17)24)18-9-6-13(2)20(23)19(18)22/h6-7,9-12H,4-5,8H2,1-3H3. The van der Waals surface area contributed by atoms with Gasteiger partial charge < -0.3 is 0 Å². The number of benzene rings is 2. The Hall–Kier alpha value is -1.90. The number of rotatable bonds is 2. The van der Waals surface area contributed by atoms with Crippen molar-refractivity contribution in [3.8, 4) is 11.1 Å². The summed E-state index contributed by atoms with van der Waals surface area (Å²) < 4.78 is 29.1. The first-order chi connectivity index (χ1) is 11.4. The highest BCUT2D eigenvalue weighted by Crippen LogP contribution is 2.35. The molecule has 0 amide bonds. The fraction of sp³-hybridized carbons (Fsp3) is 0.333. The van der Waals surface area contributed by atoms with E-state index in [9.17, 15) is 8.78 Å². The van der Waals surface area contributed by atoms with Crippen molar-refractivity contribution in [2.45, 2.75) is 40.0 Å². The van der Waals surface area contributed by atoms with Gasteiger partial charge in [-0.2, -0.15) is 0 Å². The highest BCUT2D eigenvalue weighted by atomic mass is 19.1. The van der Waals surface area contributed by atoms with Crippen molar-refractivity contribution in [3.63, 3.8) is 0 Å². The molecule has 0 saturated heterocycles. The molecule has 3 rings (SSSR count). The second-order valence-corrected chi connectivity index (χ2v) is 6.87. The lowest BCUT2D eigenvalue weighted by Gasteiger charge is -2.20. The summed E-state index contributed by atoms with van der Waals surface area (Å²) >= 11 is 0. The molecule has 122 valence electrons. The van der Waals surface area contributed by atoms with Crippen molar-refractivity contribution >= 4 is 18.9 Å². The van der Waals surface area contributed by atoms with Gasteiger partial charge in [0.25, 0.3) is 0 Å². The molecule has 1 unspecified atom stereocenters. The summed E-state index contributed by atoms with van der Waals surface area (Å²) in [5, 5.41) is 0. The molecule has 0 aromatic heterocycles. The van der Waals surface area contributed by atoms with Gasteiger partial charge in [0.15, 0.2) is 0 Å². The molecule has 0 bridgehead atoms. The van der Waals surface area contributed by atoms with E-state index in [-0.39, 0.29) is 11.3 Å². The van der Waals surface area contributed by atoms with Crippen LogP contribution in [0.15, 0.2) is 30.3 Å². The van der Waals surface area contributed by atoms with Crippen molar-refractivity contribution in [2.24, 2.45) is 5.92 Å². The quantitative estimate of drug-likeness (QED) is 0.663. The third kappa shape index (κ3) is 2.92.